The quantitative estimate of drug-likeness (QED) is 0.408. The van der Waals surface area contributed by atoms with Crippen LogP contribution in [0.5, 0.6) is 0 Å². The Hall–Kier alpha value is -0.856. The summed E-state index contributed by atoms with van der Waals surface area (Å²) in [5.41, 5.74) is 0. The van der Waals surface area contributed by atoms with Gasteiger partial charge in [0.05, 0.1) is 15.3 Å². The Morgan fingerprint density at radius 3 is 0.812 bits per heavy atom. The molecule has 0 bridgehead atoms. The van der Waals surface area contributed by atoms with Crippen LogP contribution in [0.3, 0.4) is 0 Å². The second-order valence-electron chi connectivity index (χ2n) is 0.987. The van der Waals surface area contributed by atoms with Crippen molar-refractivity contribution in [3.8, 4) is 0 Å². The second-order valence-corrected chi connectivity index (χ2v) is 0.987. The third-order valence-corrected chi connectivity index (χ3v) is 0. The Morgan fingerprint density at radius 2 is 0.812 bits per heavy atom. The molecule has 0 aromatic rings. The van der Waals surface area contributed by atoms with Crippen LogP contribution >= 0.6 is 0 Å². The van der Waals surface area contributed by atoms with Crippen LogP contribution < -0.4 is 0 Å². The minimum Gasteiger partial charge on any atom is -0.397 e. The SMILES string of the molecule is CCO.O=[N+]([O-])[O-].O=[N+]([O-])[O-].O=[N+]([O-])[O-].[Eu+3]. The molecular weight excluding hydrogens is 378 g/mol. The van der Waals surface area contributed by atoms with Crippen molar-refractivity contribution in [1.82, 2.24) is 0 Å². The van der Waals surface area contributed by atoms with Crippen molar-refractivity contribution in [2.45, 2.75) is 6.92 Å². The molecule has 0 unspecified atom stereocenters. The fraction of sp³-hybridized carbons (Fsp3) is 1.00. The van der Waals surface area contributed by atoms with Gasteiger partial charge in [-0.15, -0.1) is 0 Å². The third kappa shape index (κ3) is 2650. The van der Waals surface area contributed by atoms with Gasteiger partial charge in [-0.25, -0.2) is 0 Å². The summed E-state index contributed by atoms with van der Waals surface area (Å²) >= 11 is 0. The standard InChI is InChI=1S/C2H6O.Eu.3NO3/c1-2-3;;3*2-1(3)4/h3H,2H2,1H3;;;;/q;+3;3*-1. The number of aliphatic hydroxyl groups excluding tert-OH is 1. The summed E-state index contributed by atoms with van der Waals surface area (Å²) in [6.07, 6.45) is 0. The Bertz CT molecular complexity index is 133. The van der Waals surface area contributed by atoms with Gasteiger partial charge in [-0.1, -0.05) is 0 Å². The predicted octanol–water partition coefficient (Wildman–Crippen LogP) is -0.719. The van der Waals surface area contributed by atoms with Crippen LogP contribution in [0.2, 0.25) is 0 Å². The monoisotopic (exact) mass is 385 g/mol. The molecule has 0 fully saturated rings. The smallest absolute Gasteiger partial charge is 0.397 e. The predicted molar refractivity (Wildman–Crippen MR) is 43.8 cm³/mol. The van der Waals surface area contributed by atoms with E-state index in [1.54, 1.807) is 6.92 Å². The first-order valence-corrected chi connectivity index (χ1v) is 2.67. The van der Waals surface area contributed by atoms with Crippen molar-refractivity contribution in [3.05, 3.63) is 46.0 Å². The summed E-state index contributed by atoms with van der Waals surface area (Å²) in [5.74, 6) is 0. The Morgan fingerprint density at radius 1 is 0.812 bits per heavy atom. The van der Waals surface area contributed by atoms with Gasteiger partial charge in [-0.05, 0) is 6.92 Å². The summed E-state index contributed by atoms with van der Waals surface area (Å²) < 4.78 is 0. The summed E-state index contributed by atoms with van der Waals surface area (Å²) in [6.45, 7) is 1.93. The van der Waals surface area contributed by atoms with E-state index in [2.05, 4.69) is 0 Å². The van der Waals surface area contributed by atoms with Gasteiger partial charge in [0.2, 0.25) is 0 Å². The van der Waals surface area contributed by atoms with E-state index in [9.17, 15) is 0 Å². The molecule has 14 heteroatoms. The van der Waals surface area contributed by atoms with E-state index in [0.29, 0.717) is 0 Å². The van der Waals surface area contributed by atoms with E-state index in [1.807, 2.05) is 0 Å². The number of aliphatic hydroxyl groups is 1. The van der Waals surface area contributed by atoms with Crippen LogP contribution in [0.4, 0.5) is 0 Å². The zero-order chi connectivity index (χ0) is 13.4. The summed E-state index contributed by atoms with van der Waals surface area (Å²) in [5, 5.41) is 51.8. The van der Waals surface area contributed by atoms with Crippen molar-refractivity contribution in [1.29, 1.82) is 0 Å². The van der Waals surface area contributed by atoms with Gasteiger partial charge < -0.3 is 51.1 Å². The Balaban J connectivity index is -0.0000000331. The normalized spacial score (nSPS) is 5.62. The molecular formula is C2H6EuN3O10. The molecule has 0 atom stereocenters. The van der Waals surface area contributed by atoms with Gasteiger partial charge in [0.15, 0.2) is 0 Å². The van der Waals surface area contributed by atoms with Gasteiger partial charge in [0.1, 0.15) is 0 Å². The van der Waals surface area contributed by atoms with Gasteiger partial charge >= 0.3 is 49.4 Å². The molecule has 0 aromatic heterocycles. The van der Waals surface area contributed by atoms with Crippen LogP contribution in [0, 0.1) is 95.3 Å². The molecule has 0 spiro atoms. The van der Waals surface area contributed by atoms with E-state index < -0.39 is 15.3 Å². The van der Waals surface area contributed by atoms with Crippen LogP contribution in [0.25, 0.3) is 0 Å². The van der Waals surface area contributed by atoms with Gasteiger partial charge in [-0.3, -0.25) is 0 Å². The van der Waals surface area contributed by atoms with Crippen LogP contribution in [-0.4, -0.2) is 27.0 Å². The average molecular weight is 384 g/mol. The third-order valence-electron chi connectivity index (χ3n) is 0. The first-order valence-electron chi connectivity index (χ1n) is 2.67. The van der Waals surface area contributed by atoms with Crippen molar-refractivity contribution in [3.63, 3.8) is 0 Å². The van der Waals surface area contributed by atoms with E-state index in [1.165, 1.54) is 0 Å². The maximum atomic E-state index is 8.25. The molecule has 0 aliphatic heterocycles. The number of hydrogen-bond donors (Lipinski definition) is 1. The maximum absolute atomic E-state index is 8.25. The summed E-state index contributed by atoms with van der Waals surface area (Å²) in [7, 11) is 0. The van der Waals surface area contributed by atoms with Crippen LogP contribution in [-0.2, 0) is 0 Å². The molecule has 13 nitrogen and oxygen atoms in total. The molecule has 1 N–H and O–H groups in total. The fourth-order valence-electron chi connectivity index (χ4n) is 0. The van der Waals surface area contributed by atoms with Crippen molar-refractivity contribution in [2.75, 3.05) is 6.61 Å². The topological polar surface area (TPSA) is 219 Å². The maximum Gasteiger partial charge on any atom is 3.00 e. The van der Waals surface area contributed by atoms with Crippen molar-refractivity contribution < 1.29 is 69.7 Å². The minimum atomic E-state index is -1.75. The van der Waals surface area contributed by atoms with Gasteiger partial charge in [-0.2, -0.15) is 0 Å². The average Bonchev–Trinajstić information content (AvgIpc) is 1.81. The molecule has 0 saturated carbocycles. The zero-order valence-electron chi connectivity index (χ0n) is 7.55. The second kappa shape index (κ2) is 29.2. The van der Waals surface area contributed by atoms with Crippen LogP contribution in [0.1, 0.15) is 6.92 Å². The molecule has 0 aromatic carbocycles. The minimum absolute atomic E-state index is 0. The first-order chi connectivity index (χ1) is 6.61. The molecule has 0 aliphatic rings. The molecule has 16 heavy (non-hydrogen) atoms. The summed E-state index contributed by atoms with van der Waals surface area (Å²) in [6, 6.07) is 0. The molecule has 0 saturated heterocycles. The van der Waals surface area contributed by atoms with Gasteiger partial charge in [0.25, 0.3) is 0 Å². The summed E-state index contributed by atoms with van der Waals surface area (Å²) in [4.78, 5) is 24.8. The molecule has 0 aliphatic carbocycles. The van der Waals surface area contributed by atoms with Crippen LogP contribution in [0.15, 0.2) is 0 Å². The molecule has 0 rings (SSSR count). The molecule has 0 radical (unpaired) electrons. The fourth-order valence-corrected chi connectivity index (χ4v) is 0. The Kier molecular flexibility index (Phi) is 53.8. The Labute approximate surface area is 128 Å². The number of hydrogen-bond acceptors (Lipinski definition) is 10. The number of rotatable bonds is 0. The molecule has 96 valence electrons. The van der Waals surface area contributed by atoms with E-state index in [-0.39, 0.29) is 56.0 Å². The van der Waals surface area contributed by atoms with Crippen molar-refractivity contribution >= 4 is 0 Å². The van der Waals surface area contributed by atoms with E-state index in [4.69, 9.17) is 51.1 Å². The zero-order valence-corrected chi connectivity index (χ0v) is 9.97. The van der Waals surface area contributed by atoms with E-state index >= 15 is 0 Å². The van der Waals surface area contributed by atoms with Gasteiger partial charge in [0, 0.05) is 6.61 Å². The molecule has 0 heterocycles. The van der Waals surface area contributed by atoms with E-state index in [0.717, 1.165) is 0 Å². The largest absolute Gasteiger partial charge is 3.00 e. The van der Waals surface area contributed by atoms with Crippen molar-refractivity contribution in [2.24, 2.45) is 0 Å². The number of nitrogens with zero attached hydrogens (tertiary/aromatic N) is 3. The first kappa shape index (κ1) is 29.4. The molecule has 0 amide bonds.